The van der Waals surface area contributed by atoms with Gasteiger partial charge in [-0.15, -0.1) is 0 Å². The molecule has 30 heavy (non-hydrogen) atoms. The number of amides is 1. The highest BCUT2D eigenvalue weighted by Crippen LogP contribution is 2.35. The molecule has 1 aliphatic carbocycles. The number of nitrogens with one attached hydrogen (secondary N) is 1. The molecule has 1 saturated carbocycles. The summed E-state index contributed by atoms with van der Waals surface area (Å²) >= 11 is 0. The normalized spacial score (nSPS) is 19.8. The number of alkyl halides is 3. The average molecular weight is 417 g/mol. The number of fused-ring (bicyclic) bond motifs is 1. The van der Waals surface area contributed by atoms with Gasteiger partial charge in [0.1, 0.15) is 0 Å². The standard InChI is InChI=1S/C22H22F3N3O2/c1-13-5-10-19-18(11-13)26-21(28(19)16-6-8-17(29)9-7-16)27-20(30)14-3-2-4-15(12-14)22(23,24)25/h2-5,10-12,16-17,29H,6-9H2,1H3,(H,26,27,30). The molecule has 1 aromatic heterocycles. The summed E-state index contributed by atoms with van der Waals surface area (Å²) in [6.07, 6.45) is -2.10. The number of aliphatic hydroxyl groups is 1. The number of hydrogen-bond acceptors (Lipinski definition) is 3. The molecule has 1 heterocycles. The average Bonchev–Trinajstić information content (AvgIpc) is 3.05. The number of rotatable bonds is 3. The van der Waals surface area contributed by atoms with E-state index in [0.29, 0.717) is 24.3 Å². The van der Waals surface area contributed by atoms with Gasteiger partial charge < -0.3 is 9.67 Å². The van der Waals surface area contributed by atoms with Crippen LogP contribution in [0.3, 0.4) is 0 Å². The van der Waals surface area contributed by atoms with Crippen molar-refractivity contribution in [2.45, 2.75) is 50.9 Å². The Morgan fingerprint density at radius 3 is 2.57 bits per heavy atom. The zero-order valence-electron chi connectivity index (χ0n) is 16.4. The highest BCUT2D eigenvalue weighted by Gasteiger charge is 2.31. The van der Waals surface area contributed by atoms with Crippen LogP contribution < -0.4 is 5.32 Å². The Morgan fingerprint density at radius 1 is 1.13 bits per heavy atom. The van der Waals surface area contributed by atoms with Crippen LogP contribution >= 0.6 is 0 Å². The molecule has 0 unspecified atom stereocenters. The van der Waals surface area contributed by atoms with Crippen LogP contribution in [0, 0.1) is 6.92 Å². The number of aromatic nitrogens is 2. The van der Waals surface area contributed by atoms with Gasteiger partial charge in [-0.05, 0) is 68.5 Å². The van der Waals surface area contributed by atoms with Gasteiger partial charge in [-0.2, -0.15) is 13.2 Å². The topological polar surface area (TPSA) is 67.2 Å². The molecule has 0 bridgehead atoms. The first kappa shape index (κ1) is 20.4. The molecule has 8 heteroatoms. The Kier molecular flexibility index (Phi) is 5.27. The minimum absolute atomic E-state index is 0.0397. The lowest BCUT2D eigenvalue weighted by Crippen LogP contribution is -2.24. The van der Waals surface area contributed by atoms with E-state index in [-0.39, 0.29) is 17.7 Å². The molecule has 1 fully saturated rings. The zero-order valence-corrected chi connectivity index (χ0v) is 16.4. The number of imidazole rings is 1. The van der Waals surface area contributed by atoms with Crippen molar-refractivity contribution in [3.8, 4) is 0 Å². The molecule has 158 valence electrons. The third-order valence-electron chi connectivity index (χ3n) is 5.55. The number of anilines is 1. The highest BCUT2D eigenvalue weighted by atomic mass is 19.4. The van der Waals surface area contributed by atoms with Crippen LogP contribution in [0.15, 0.2) is 42.5 Å². The van der Waals surface area contributed by atoms with E-state index in [4.69, 9.17) is 0 Å². The molecule has 0 spiro atoms. The van der Waals surface area contributed by atoms with Crippen LogP contribution in [0.1, 0.15) is 53.2 Å². The van der Waals surface area contributed by atoms with E-state index >= 15 is 0 Å². The van der Waals surface area contributed by atoms with Crippen LogP contribution in [-0.2, 0) is 6.18 Å². The molecule has 2 aromatic carbocycles. The van der Waals surface area contributed by atoms with Gasteiger partial charge in [0.2, 0.25) is 5.95 Å². The maximum absolute atomic E-state index is 13.0. The van der Waals surface area contributed by atoms with Crippen LogP contribution in [0.2, 0.25) is 0 Å². The molecule has 1 aliphatic rings. The Bertz CT molecular complexity index is 1080. The van der Waals surface area contributed by atoms with Crippen molar-refractivity contribution in [3.05, 3.63) is 59.2 Å². The van der Waals surface area contributed by atoms with Gasteiger partial charge in [-0.25, -0.2) is 4.98 Å². The van der Waals surface area contributed by atoms with Gasteiger partial charge in [-0.3, -0.25) is 10.1 Å². The molecular weight excluding hydrogens is 395 g/mol. The van der Waals surface area contributed by atoms with Gasteiger partial charge in [0.05, 0.1) is 22.7 Å². The number of nitrogens with zero attached hydrogens (tertiary/aromatic N) is 2. The van der Waals surface area contributed by atoms with E-state index in [1.54, 1.807) is 0 Å². The van der Waals surface area contributed by atoms with Crippen molar-refractivity contribution in [1.29, 1.82) is 0 Å². The van der Waals surface area contributed by atoms with Crippen LogP contribution in [-0.4, -0.2) is 26.7 Å². The molecule has 4 rings (SSSR count). The van der Waals surface area contributed by atoms with Crippen molar-refractivity contribution in [1.82, 2.24) is 9.55 Å². The van der Waals surface area contributed by atoms with Crippen molar-refractivity contribution in [3.63, 3.8) is 0 Å². The number of aryl methyl sites for hydroxylation is 1. The van der Waals surface area contributed by atoms with Crippen molar-refractivity contribution >= 4 is 22.9 Å². The summed E-state index contributed by atoms with van der Waals surface area (Å²) in [6, 6.07) is 10.2. The van der Waals surface area contributed by atoms with E-state index in [1.807, 2.05) is 29.7 Å². The van der Waals surface area contributed by atoms with E-state index in [1.165, 1.54) is 12.1 Å². The molecule has 1 amide bonds. The Balaban J connectivity index is 1.70. The summed E-state index contributed by atoms with van der Waals surface area (Å²) in [5.74, 6) is -0.343. The Hall–Kier alpha value is -2.87. The SMILES string of the molecule is Cc1ccc2c(c1)nc(NC(=O)c1cccc(C(F)(F)F)c1)n2C1CCC(O)CC1. The van der Waals surface area contributed by atoms with E-state index in [0.717, 1.165) is 36.1 Å². The van der Waals surface area contributed by atoms with Crippen LogP contribution in [0.25, 0.3) is 11.0 Å². The summed E-state index contributed by atoms with van der Waals surface area (Å²) in [5, 5.41) is 12.5. The molecular formula is C22H22F3N3O2. The lowest BCUT2D eigenvalue weighted by atomic mass is 9.93. The van der Waals surface area contributed by atoms with Gasteiger partial charge >= 0.3 is 6.18 Å². The number of hydrogen-bond donors (Lipinski definition) is 2. The molecule has 2 N–H and O–H groups in total. The van der Waals surface area contributed by atoms with Crippen molar-refractivity contribution in [2.75, 3.05) is 5.32 Å². The minimum atomic E-state index is -4.52. The van der Waals surface area contributed by atoms with Gasteiger partial charge in [-0.1, -0.05) is 12.1 Å². The molecule has 0 radical (unpaired) electrons. The number of carbonyl (C=O) groups is 1. The summed E-state index contributed by atoms with van der Waals surface area (Å²) in [5.41, 5.74) is 1.61. The number of halogens is 3. The third kappa shape index (κ3) is 4.05. The molecule has 5 nitrogen and oxygen atoms in total. The predicted octanol–water partition coefficient (Wildman–Crippen LogP) is 5.09. The molecule has 0 saturated heterocycles. The number of carbonyl (C=O) groups excluding carboxylic acids is 1. The maximum Gasteiger partial charge on any atom is 0.416 e. The first-order valence-electron chi connectivity index (χ1n) is 9.87. The van der Waals surface area contributed by atoms with Gasteiger partial charge in [0.15, 0.2) is 0 Å². The maximum atomic E-state index is 13.0. The molecule has 0 aliphatic heterocycles. The Labute approximate surface area is 171 Å². The fourth-order valence-electron chi connectivity index (χ4n) is 3.99. The van der Waals surface area contributed by atoms with Gasteiger partial charge in [0.25, 0.3) is 5.91 Å². The second-order valence-electron chi connectivity index (χ2n) is 7.79. The third-order valence-corrected chi connectivity index (χ3v) is 5.55. The lowest BCUT2D eigenvalue weighted by Gasteiger charge is -2.28. The summed E-state index contributed by atoms with van der Waals surface area (Å²) < 4.78 is 41.0. The van der Waals surface area contributed by atoms with E-state index in [2.05, 4.69) is 10.3 Å². The highest BCUT2D eigenvalue weighted by molar-refractivity contribution is 6.04. The second kappa shape index (κ2) is 7.75. The quantitative estimate of drug-likeness (QED) is 0.624. The lowest BCUT2D eigenvalue weighted by molar-refractivity contribution is -0.137. The second-order valence-corrected chi connectivity index (χ2v) is 7.79. The number of benzene rings is 2. The van der Waals surface area contributed by atoms with Crippen LogP contribution in [0.4, 0.5) is 19.1 Å². The predicted molar refractivity (Wildman–Crippen MR) is 107 cm³/mol. The van der Waals surface area contributed by atoms with E-state index in [9.17, 15) is 23.1 Å². The molecule has 3 aromatic rings. The van der Waals surface area contributed by atoms with Crippen molar-refractivity contribution < 1.29 is 23.1 Å². The first-order valence-corrected chi connectivity index (χ1v) is 9.87. The Morgan fingerprint density at radius 2 is 1.87 bits per heavy atom. The smallest absolute Gasteiger partial charge is 0.393 e. The molecule has 0 atom stereocenters. The van der Waals surface area contributed by atoms with Crippen LogP contribution in [0.5, 0.6) is 0 Å². The monoisotopic (exact) mass is 417 g/mol. The minimum Gasteiger partial charge on any atom is -0.393 e. The van der Waals surface area contributed by atoms with E-state index < -0.39 is 17.6 Å². The summed E-state index contributed by atoms with van der Waals surface area (Å²) in [7, 11) is 0. The largest absolute Gasteiger partial charge is 0.416 e. The fraction of sp³-hybridized carbons (Fsp3) is 0.364. The summed E-state index contributed by atoms with van der Waals surface area (Å²) in [6.45, 7) is 1.94. The number of aliphatic hydroxyl groups excluding tert-OH is 1. The van der Waals surface area contributed by atoms with Crippen molar-refractivity contribution in [2.24, 2.45) is 0 Å². The first-order chi connectivity index (χ1) is 14.2. The van der Waals surface area contributed by atoms with Gasteiger partial charge in [0, 0.05) is 11.6 Å². The zero-order chi connectivity index (χ0) is 21.5. The summed E-state index contributed by atoms with van der Waals surface area (Å²) in [4.78, 5) is 17.3. The fourth-order valence-corrected chi connectivity index (χ4v) is 3.99.